The number of hydrogen-bond acceptors (Lipinski definition) is 5. The summed E-state index contributed by atoms with van der Waals surface area (Å²) in [5, 5.41) is 12.0. The van der Waals surface area contributed by atoms with E-state index in [-0.39, 0.29) is 24.8 Å². The van der Waals surface area contributed by atoms with Gasteiger partial charge in [0.05, 0.1) is 6.61 Å². The standard InChI is InChI=1S/C30H30BrFN2O4/c1-2-17-30(29(36)33-18-16-21-4-12-25(32)13-5-21)27(22-6-10-24(31)11-7-22)38-28(34-30)23-8-14-26(15-9-23)37-20-3-19-35/h2,4-15,27,35H,1,3,16-20H2,(H,33,36)/t27-,30-/m1/s1. The quantitative estimate of drug-likeness (QED) is 0.218. The van der Waals surface area contributed by atoms with Gasteiger partial charge in [-0.05, 0) is 66.1 Å². The number of nitrogens with one attached hydrogen (secondary N) is 1. The maximum absolute atomic E-state index is 13.8. The summed E-state index contributed by atoms with van der Waals surface area (Å²) in [6.45, 7) is 4.74. The lowest BCUT2D eigenvalue weighted by Gasteiger charge is -2.29. The summed E-state index contributed by atoms with van der Waals surface area (Å²) in [6, 6.07) is 21.1. The highest BCUT2D eigenvalue weighted by Crippen LogP contribution is 2.43. The zero-order valence-corrected chi connectivity index (χ0v) is 22.5. The fourth-order valence-electron chi connectivity index (χ4n) is 4.30. The van der Waals surface area contributed by atoms with E-state index in [2.05, 4.69) is 27.8 Å². The van der Waals surface area contributed by atoms with Gasteiger partial charge in [0, 0.05) is 36.0 Å². The Bertz CT molecular complexity index is 1260. The van der Waals surface area contributed by atoms with Crippen LogP contribution in [0.1, 0.15) is 35.6 Å². The molecule has 8 heteroatoms. The number of aliphatic hydroxyl groups excluding tert-OH is 1. The predicted octanol–water partition coefficient (Wildman–Crippen LogP) is 5.54. The number of amides is 1. The van der Waals surface area contributed by atoms with E-state index in [0.717, 1.165) is 15.6 Å². The van der Waals surface area contributed by atoms with Crippen molar-refractivity contribution in [3.05, 3.63) is 112 Å². The summed E-state index contributed by atoms with van der Waals surface area (Å²) >= 11 is 3.47. The van der Waals surface area contributed by atoms with Gasteiger partial charge >= 0.3 is 0 Å². The molecule has 38 heavy (non-hydrogen) atoms. The zero-order valence-electron chi connectivity index (χ0n) is 20.9. The van der Waals surface area contributed by atoms with Gasteiger partial charge in [-0.3, -0.25) is 4.79 Å². The first-order valence-electron chi connectivity index (χ1n) is 12.4. The SMILES string of the molecule is C=CC[C@@]1(C(=O)NCCc2ccc(F)cc2)N=C(c2ccc(OCCCO)cc2)O[C@@H]1c1ccc(Br)cc1. The molecule has 0 bridgehead atoms. The van der Waals surface area contributed by atoms with Crippen molar-refractivity contribution in [3.63, 3.8) is 0 Å². The van der Waals surface area contributed by atoms with Crippen LogP contribution in [0.15, 0.2) is 94.9 Å². The average molecular weight is 581 g/mol. The van der Waals surface area contributed by atoms with Crippen LogP contribution in [0.2, 0.25) is 0 Å². The lowest BCUT2D eigenvalue weighted by molar-refractivity contribution is -0.128. The van der Waals surface area contributed by atoms with Gasteiger partial charge in [0.25, 0.3) is 5.91 Å². The molecule has 0 radical (unpaired) electrons. The summed E-state index contributed by atoms with van der Waals surface area (Å²) in [6.07, 6.45) is 2.37. The molecule has 198 valence electrons. The van der Waals surface area contributed by atoms with Crippen molar-refractivity contribution < 1.29 is 23.8 Å². The number of nitrogens with zero attached hydrogens (tertiary/aromatic N) is 1. The van der Waals surface area contributed by atoms with Crippen molar-refractivity contribution in [2.45, 2.75) is 30.9 Å². The number of carbonyl (C=O) groups excluding carboxylic acids is 1. The average Bonchev–Trinajstić information content (AvgIpc) is 3.31. The highest BCUT2D eigenvalue weighted by Gasteiger charge is 2.52. The van der Waals surface area contributed by atoms with Crippen molar-refractivity contribution in [2.75, 3.05) is 19.8 Å². The minimum atomic E-state index is -1.26. The van der Waals surface area contributed by atoms with Crippen LogP contribution in [0.4, 0.5) is 4.39 Å². The Labute approximate surface area is 230 Å². The normalized spacial score (nSPS) is 18.4. The fraction of sp³-hybridized carbons (Fsp3) is 0.267. The van der Waals surface area contributed by atoms with Crippen molar-refractivity contribution in [1.29, 1.82) is 0 Å². The van der Waals surface area contributed by atoms with Crippen LogP contribution in [0.5, 0.6) is 5.75 Å². The molecule has 0 aliphatic carbocycles. The number of hydrogen-bond donors (Lipinski definition) is 2. The van der Waals surface area contributed by atoms with Crippen LogP contribution in [0, 0.1) is 5.82 Å². The number of benzene rings is 3. The molecular weight excluding hydrogens is 551 g/mol. The predicted molar refractivity (Wildman–Crippen MR) is 149 cm³/mol. The molecule has 0 saturated heterocycles. The van der Waals surface area contributed by atoms with Crippen LogP contribution < -0.4 is 10.1 Å². The highest BCUT2D eigenvalue weighted by molar-refractivity contribution is 9.10. The van der Waals surface area contributed by atoms with Crippen LogP contribution in [-0.4, -0.2) is 42.2 Å². The molecule has 6 nitrogen and oxygen atoms in total. The number of rotatable bonds is 12. The molecule has 3 aromatic rings. The largest absolute Gasteiger partial charge is 0.494 e. The van der Waals surface area contributed by atoms with E-state index in [0.29, 0.717) is 43.2 Å². The second kappa shape index (κ2) is 12.8. The Morgan fingerprint density at radius 3 is 2.50 bits per heavy atom. The Kier molecular flexibility index (Phi) is 9.31. The van der Waals surface area contributed by atoms with Gasteiger partial charge < -0.3 is 19.9 Å². The topological polar surface area (TPSA) is 80.2 Å². The molecule has 2 atom stereocenters. The third-order valence-corrected chi connectivity index (χ3v) is 6.80. The second-order valence-electron chi connectivity index (χ2n) is 8.97. The van der Waals surface area contributed by atoms with Crippen molar-refractivity contribution in [3.8, 4) is 5.75 Å². The number of ether oxygens (including phenoxy) is 2. The first-order chi connectivity index (χ1) is 18.4. The van der Waals surface area contributed by atoms with E-state index in [4.69, 9.17) is 19.6 Å². The minimum Gasteiger partial charge on any atom is -0.494 e. The maximum Gasteiger partial charge on any atom is 0.252 e. The fourth-order valence-corrected chi connectivity index (χ4v) is 4.56. The van der Waals surface area contributed by atoms with E-state index in [1.165, 1.54) is 12.1 Å². The van der Waals surface area contributed by atoms with Crippen LogP contribution >= 0.6 is 15.9 Å². The Balaban J connectivity index is 1.60. The van der Waals surface area contributed by atoms with Gasteiger partial charge in [0.15, 0.2) is 11.6 Å². The third-order valence-electron chi connectivity index (χ3n) is 6.27. The summed E-state index contributed by atoms with van der Waals surface area (Å²) in [5.74, 6) is 0.456. The van der Waals surface area contributed by atoms with E-state index in [9.17, 15) is 9.18 Å². The molecule has 0 fully saturated rings. The van der Waals surface area contributed by atoms with Crippen LogP contribution in [0.25, 0.3) is 0 Å². The van der Waals surface area contributed by atoms with Crippen molar-refractivity contribution in [2.24, 2.45) is 4.99 Å². The molecule has 1 aliphatic heterocycles. The van der Waals surface area contributed by atoms with E-state index in [1.807, 2.05) is 48.5 Å². The number of aliphatic imine (C=N–C) groups is 1. The first kappa shape index (κ1) is 27.5. The molecule has 1 amide bonds. The number of aliphatic hydroxyl groups is 1. The molecule has 3 aromatic carbocycles. The van der Waals surface area contributed by atoms with Crippen LogP contribution in [0.3, 0.4) is 0 Å². The van der Waals surface area contributed by atoms with Crippen molar-refractivity contribution >= 4 is 27.7 Å². The van der Waals surface area contributed by atoms with Gasteiger partial charge in [-0.1, -0.05) is 46.3 Å². The zero-order chi connectivity index (χ0) is 27.0. The van der Waals surface area contributed by atoms with E-state index < -0.39 is 11.6 Å². The van der Waals surface area contributed by atoms with Gasteiger partial charge in [0.1, 0.15) is 11.6 Å². The van der Waals surface area contributed by atoms with Gasteiger partial charge in [-0.2, -0.15) is 0 Å². The molecule has 0 unspecified atom stereocenters. The number of carbonyl (C=O) groups is 1. The maximum atomic E-state index is 13.8. The third kappa shape index (κ3) is 6.49. The Morgan fingerprint density at radius 1 is 1.13 bits per heavy atom. The molecule has 4 rings (SSSR count). The van der Waals surface area contributed by atoms with E-state index in [1.54, 1.807) is 18.2 Å². The molecule has 0 spiro atoms. The molecule has 2 N–H and O–H groups in total. The first-order valence-corrected chi connectivity index (χ1v) is 13.2. The summed E-state index contributed by atoms with van der Waals surface area (Å²) in [5.41, 5.74) is 1.18. The van der Waals surface area contributed by atoms with Crippen molar-refractivity contribution in [1.82, 2.24) is 5.32 Å². The van der Waals surface area contributed by atoms with Crippen LogP contribution in [-0.2, 0) is 16.0 Å². The van der Waals surface area contributed by atoms with E-state index >= 15 is 0 Å². The van der Waals surface area contributed by atoms with Gasteiger partial charge in [0.2, 0.25) is 5.90 Å². The monoisotopic (exact) mass is 580 g/mol. The number of halogens is 2. The van der Waals surface area contributed by atoms with Gasteiger partial charge in [-0.25, -0.2) is 9.38 Å². The minimum absolute atomic E-state index is 0.0670. The summed E-state index contributed by atoms with van der Waals surface area (Å²) in [4.78, 5) is 18.7. The highest BCUT2D eigenvalue weighted by atomic mass is 79.9. The lowest BCUT2D eigenvalue weighted by atomic mass is 9.84. The molecule has 0 aromatic heterocycles. The lowest BCUT2D eigenvalue weighted by Crippen LogP contribution is -2.48. The molecule has 1 heterocycles. The summed E-state index contributed by atoms with van der Waals surface area (Å²) in [7, 11) is 0. The summed E-state index contributed by atoms with van der Waals surface area (Å²) < 4.78 is 26.2. The molecular formula is C30H30BrFN2O4. The molecule has 0 saturated carbocycles. The van der Waals surface area contributed by atoms with Gasteiger partial charge in [-0.15, -0.1) is 6.58 Å². The Morgan fingerprint density at radius 2 is 1.84 bits per heavy atom. The smallest absolute Gasteiger partial charge is 0.252 e. The molecule has 1 aliphatic rings. The Hall–Kier alpha value is -3.49. The second-order valence-corrected chi connectivity index (χ2v) is 9.88.